The minimum absolute atomic E-state index is 0.317. The van der Waals surface area contributed by atoms with Crippen LogP contribution in [0, 0.1) is 0 Å². The molecule has 0 N–H and O–H groups in total. The highest BCUT2D eigenvalue weighted by Gasteiger charge is 2.46. The summed E-state index contributed by atoms with van der Waals surface area (Å²) < 4.78 is 2.57. The Bertz CT molecular complexity index is 444. The number of hydrogen-bond donors (Lipinski definition) is 0. The number of hydrogen-bond acceptors (Lipinski definition) is 1. The minimum atomic E-state index is 0.317. The molecule has 16 heavy (non-hydrogen) atoms. The van der Waals surface area contributed by atoms with Crippen molar-refractivity contribution in [1.29, 1.82) is 0 Å². The minimum Gasteiger partial charge on any atom is -0.297 e. The van der Waals surface area contributed by atoms with Crippen molar-refractivity contribution in [3.63, 3.8) is 0 Å². The highest BCUT2D eigenvalue weighted by Crippen LogP contribution is 2.51. The molecule has 1 aliphatic carbocycles. The van der Waals surface area contributed by atoms with Gasteiger partial charge in [0.25, 0.3) is 0 Å². The monoisotopic (exact) mass is 343 g/mol. The van der Waals surface area contributed by atoms with Crippen LogP contribution in [0.15, 0.2) is 21.1 Å². The van der Waals surface area contributed by atoms with Gasteiger partial charge in [-0.05, 0) is 62.5 Å². The average Bonchev–Trinajstić information content (AvgIpc) is 2.81. The third-order valence-electron chi connectivity index (χ3n) is 4.27. The Kier molecular flexibility index (Phi) is 2.69. The molecule has 1 aromatic rings. The number of fused-ring (bicyclic) bond motifs is 2. The highest BCUT2D eigenvalue weighted by atomic mass is 79.9. The lowest BCUT2D eigenvalue weighted by molar-refractivity contribution is 0.174. The molecule has 1 heterocycles. The maximum absolute atomic E-state index is 3.75. The SMILES string of the molecule is CN1CCCC12CCc1c(Br)ccc(Br)c12. The van der Waals surface area contributed by atoms with E-state index in [0.29, 0.717) is 5.54 Å². The molecule has 3 rings (SSSR count). The predicted molar refractivity (Wildman–Crippen MR) is 73.7 cm³/mol. The molecular weight excluding hydrogens is 330 g/mol. The zero-order valence-electron chi connectivity index (χ0n) is 9.39. The van der Waals surface area contributed by atoms with E-state index < -0.39 is 0 Å². The molecule has 0 aromatic heterocycles. The van der Waals surface area contributed by atoms with Gasteiger partial charge in [0.2, 0.25) is 0 Å². The largest absolute Gasteiger partial charge is 0.297 e. The van der Waals surface area contributed by atoms with E-state index in [-0.39, 0.29) is 0 Å². The molecule has 1 saturated heterocycles. The Balaban J connectivity index is 2.22. The van der Waals surface area contributed by atoms with Gasteiger partial charge in [-0.1, -0.05) is 31.9 Å². The van der Waals surface area contributed by atoms with Crippen molar-refractivity contribution in [2.45, 2.75) is 31.2 Å². The number of likely N-dealkylation sites (tertiary alicyclic amines) is 1. The fourth-order valence-electron chi connectivity index (χ4n) is 3.44. The van der Waals surface area contributed by atoms with Crippen molar-refractivity contribution in [2.24, 2.45) is 0 Å². The average molecular weight is 345 g/mol. The Morgan fingerprint density at radius 1 is 1.19 bits per heavy atom. The lowest BCUT2D eigenvalue weighted by atomic mass is 9.89. The third kappa shape index (κ3) is 1.37. The van der Waals surface area contributed by atoms with E-state index >= 15 is 0 Å². The quantitative estimate of drug-likeness (QED) is 0.685. The summed E-state index contributed by atoms with van der Waals surface area (Å²) >= 11 is 7.44. The van der Waals surface area contributed by atoms with Gasteiger partial charge < -0.3 is 0 Å². The molecule has 2 aliphatic rings. The van der Waals surface area contributed by atoms with Crippen LogP contribution in [-0.4, -0.2) is 18.5 Å². The van der Waals surface area contributed by atoms with E-state index in [1.807, 2.05) is 0 Å². The van der Waals surface area contributed by atoms with Crippen LogP contribution in [0.5, 0.6) is 0 Å². The van der Waals surface area contributed by atoms with Crippen molar-refractivity contribution in [2.75, 3.05) is 13.6 Å². The van der Waals surface area contributed by atoms with Gasteiger partial charge in [0.05, 0.1) is 0 Å². The zero-order valence-corrected chi connectivity index (χ0v) is 12.6. The second kappa shape index (κ2) is 3.82. The van der Waals surface area contributed by atoms with Gasteiger partial charge in [-0.25, -0.2) is 0 Å². The standard InChI is InChI=1S/C13H15Br2N/c1-16-8-2-6-13(16)7-5-9-10(14)3-4-11(15)12(9)13/h3-4H,2,5-8H2,1H3. The summed E-state index contributed by atoms with van der Waals surface area (Å²) in [6.45, 7) is 1.23. The van der Waals surface area contributed by atoms with Crippen molar-refractivity contribution >= 4 is 31.9 Å². The van der Waals surface area contributed by atoms with E-state index in [9.17, 15) is 0 Å². The molecule has 1 fully saturated rings. The molecule has 0 saturated carbocycles. The highest BCUT2D eigenvalue weighted by molar-refractivity contribution is 9.11. The number of benzene rings is 1. The molecule has 1 aliphatic heterocycles. The molecule has 0 bridgehead atoms. The van der Waals surface area contributed by atoms with E-state index in [2.05, 4.69) is 55.9 Å². The van der Waals surface area contributed by atoms with Crippen LogP contribution < -0.4 is 0 Å². The second-order valence-corrected chi connectivity index (χ2v) is 6.65. The third-order valence-corrected chi connectivity index (χ3v) is 5.68. The fraction of sp³-hybridized carbons (Fsp3) is 0.538. The van der Waals surface area contributed by atoms with E-state index in [1.54, 1.807) is 5.56 Å². The maximum Gasteiger partial charge on any atom is 0.0475 e. The van der Waals surface area contributed by atoms with Crippen LogP contribution in [0.25, 0.3) is 0 Å². The van der Waals surface area contributed by atoms with Crippen LogP contribution in [0.1, 0.15) is 30.4 Å². The summed E-state index contributed by atoms with van der Waals surface area (Å²) in [5.41, 5.74) is 3.38. The van der Waals surface area contributed by atoms with Crippen molar-refractivity contribution in [1.82, 2.24) is 4.90 Å². The van der Waals surface area contributed by atoms with Gasteiger partial charge >= 0.3 is 0 Å². The first-order valence-corrected chi connectivity index (χ1v) is 7.42. The summed E-state index contributed by atoms with van der Waals surface area (Å²) in [4.78, 5) is 2.55. The molecule has 1 nitrogen and oxygen atoms in total. The van der Waals surface area contributed by atoms with Gasteiger partial charge in [-0.3, -0.25) is 4.90 Å². The zero-order chi connectivity index (χ0) is 11.3. The van der Waals surface area contributed by atoms with E-state index in [0.717, 1.165) is 0 Å². The Labute approximate surface area is 113 Å². The first-order valence-electron chi connectivity index (χ1n) is 5.84. The molecular formula is C13H15Br2N. The fourth-order valence-corrected chi connectivity index (χ4v) is 4.71. The molecule has 1 atom stereocenters. The summed E-state index contributed by atoms with van der Waals surface area (Å²) in [5.74, 6) is 0. The first kappa shape index (κ1) is 11.2. The topological polar surface area (TPSA) is 3.24 Å². The molecule has 0 radical (unpaired) electrons. The Hall–Kier alpha value is 0.140. The molecule has 0 amide bonds. The van der Waals surface area contributed by atoms with Gasteiger partial charge in [0.1, 0.15) is 0 Å². The van der Waals surface area contributed by atoms with Crippen LogP contribution in [0.2, 0.25) is 0 Å². The molecule has 3 heteroatoms. The smallest absolute Gasteiger partial charge is 0.0475 e. The molecule has 1 unspecified atom stereocenters. The normalized spacial score (nSPS) is 28.9. The van der Waals surface area contributed by atoms with E-state index in [4.69, 9.17) is 0 Å². The van der Waals surface area contributed by atoms with Crippen LogP contribution >= 0.6 is 31.9 Å². The van der Waals surface area contributed by atoms with Gasteiger partial charge in [-0.15, -0.1) is 0 Å². The lowest BCUT2D eigenvalue weighted by Gasteiger charge is -2.34. The Morgan fingerprint density at radius 3 is 2.62 bits per heavy atom. The summed E-state index contributed by atoms with van der Waals surface area (Å²) in [6, 6.07) is 4.35. The number of nitrogens with zero attached hydrogens (tertiary/aromatic N) is 1. The predicted octanol–water partition coefficient (Wildman–Crippen LogP) is 4.08. The van der Waals surface area contributed by atoms with Gasteiger partial charge in [0, 0.05) is 14.5 Å². The molecule has 1 spiro atoms. The summed E-state index contributed by atoms with van der Waals surface area (Å²) in [5, 5.41) is 0. The van der Waals surface area contributed by atoms with Crippen molar-refractivity contribution in [3.05, 3.63) is 32.2 Å². The lowest BCUT2D eigenvalue weighted by Crippen LogP contribution is -2.36. The van der Waals surface area contributed by atoms with E-state index in [1.165, 1.54) is 46.7 Å². The van der Waals surface area contributed by atoms with Gasteiger partial charge in [0.15, 0.2) is 0 Å². The van der Waals surface area contributed by atoms with Crippen molar-refractivity contribution in [3.8, 4) is 0 Å². The number of halogens is 2. The second-order valence-electron chi connectivity index (χ2n) is 4.94. The van der Waals surface area contributed by atoms with Crippen LogP contribution in [0.3, 0.4) is 0 Å². The summed E-state index contributed by atoms with van der Waals surface area (Å²) in [7, 11) is 2.27. The number of rotatable bonds is 0. The maximum atomic E-state index is 3.75. The molecule has 1 aromatic carbocycles. The summed E-state index contributed by atoms with van der Waals surface area (Å²) in [6.07, 6.45) is 5.13. The van der Waals surface area contributed by atoms with Crippen LogP contribution in [-0.2, 0) is 12.0 Å². The Morgan fingerprint density at radius 2 is 1.94 bits per heavy atom. The van der Waals surface area contributed by atoms with Gasteiger partial charge in [-0.2, -0.15) is 0 Å². The van der Waals surface area contributed by atoms with Crippen molar-refractivity contribution < 1.29 is 0 Å². The first-order chi connectivity index (χ1) is 7.65. The molecule has 86 valence electrons. The van der Waals surface area contributed by atoms with Crippen LogP contribution in [0.4, 0.5) is 0 Å².